The van der Waals surface area contributed by atoms with Crippen LogP contribution in [0.1, 0.15) is 37.2 Å². The summed E-state index contributed by atoms with van der Waals surface area (Å²) >= 11 is 3.35. The van der Waals surface area contributed by atoms with E-state index in [1.54, 1.807) is 0 Å². The van der Waals surface area contributed by atoms with Crippen molar-refractivity contribution in [1.82, 2.24) is 0 Å². The molecule has 0 saturated heterocycles. The molecule has 3 heteroatoms. The van der Waals surface area contributed by atoms with Gasteiger partial charge in [0.1, 0.15) is 5.92 Å². The molecule has 2 nitrogen and oxygen atoms in total. The van der Waals surface area contributed by atoms with Crippen LogP contribution in [0.3, 0.4) is 0 Å². The summed E-state index contributed by atoms with van der Waals surface area (Å²) < 4.78 is 0.964. The zero-order valence-corrected chi connectivity index (χ0v) is 11.1. The second kappa shape index (κ2) is 5.46. The maximum Gasteiger partial charge on any atom is 0.157 e. The van der Waals surface area contributed by atoms with E-state index in [0.29, 0.717) is 0 Å². The lowest BCUT2D eigenvalue weighted by molar-refractivity contribution is -0.123. The minimum Gasteiger partial charge on any atom is -0.298 e. The Labute approximate surface area is 110 Å². The van der Waals surface area contributed by atoms with Gasteiger partial charge in [-0.3, -0.25) is 4.79 Å². The second-order valence-electron chi connectivity index (χ2n) is 4.50. The van der Waals surface area contributed by atoms with Gasteiger partial charge in [-0.2, -0.15) is 5.26 Å². The SMILES string of the molecule is N#CC(C(=O)C1CCCC1)c1ccc(Br)cc1. The van der Waals surface area contributed by atoms with E-state index in [0.717, 1.165) is 35.7 Å². The molecule has 1 fully saturated rings. The molecule has 0 N–H and O–H groups in total. The van der Waals surface area contributed by atoms with E-state index >= 15 is 0 Å². The lowest BCUT2D eigenvalue weighted by Crippen LogP contribution is -2.19. The number of ketones is 1. The van der Waals surface area contributed by atoms with Crippen molar-refractivity contribution in [3.8, 4) is 6.07 Å². The second-order valence-corrected chi connectivity index (χ2v) is 5.41. The summed E-state index contributed by atoms with van der Waals surface area (Å²) in [6, 6.07) is 9.61. The summed E-state index contributed by atoms with van der Waals surface area (Å²) in [4.78, 5) is 12.2. The molecule has 1 saturated carbocycles. The van der Waals surface area contributed by atoms with Gasteiger partial charge in [0.05, 0.1) is 6.07 Å². The number of carbonyl (C=O) groups is 1. The summed E-state index contributed by atoms with van der Waals surface area (Å²) in [7, 11) is 0. The van der Waals surface area contributed by atoms with Crippen molar-refractivity contribution in [2.24, 2.45) is 5.92 Å². The molecule has 0 aliphatic heterocycles. The summed E-state index contributed by atoms with van der Waals surface area (Å²) in [6.07, 6.45) is 4.14. The van der Waals surface area contributed by atoms with Crippen LogP contribution in [-0.2, 0) is 4.79 Å². The number of nitrogens with zero attached hydrogens (tertiary/aromatic N) is 1. The van der Waals surface area contributed by atoms with Gasteiger partial charge in [0.2, 0.25) is 0 Å². The molecule has 2 rings (SSSR count). The molecule has 1 atom stereocenters. The van der Waals surface area contributed by atoms with Gasteiger partial charge in [-0.15, -0.1) is 0 Å². The van der Waals surface area contributed by atoms with E-state index in [1.807, 2.05) is 24.3 Å². The molecule has 0 bridgehead atoms. The van der Waals surface area contributed by atoms with Crippen LogP contribution >= 0.6 is 15.9 Å². The van der Waals surface area contributed by atoms with E-state index in [1.165, 1.54) is 0 Å². The Morgan fingerprint density at radius 3 is 2.41 bits per heavy atom. The Balaban J connectivity index is 2.18. The highest BCUT2D eigenvalue weighted by molar-refractivity contribution is 9.10. The maximum absolute atomic E-state index is 12.2. The van der Waals surface area contributed by atoms with Crippen molar-refractivity contribution in [1.29, 1.82) is 5.26 Å². The van der Waals surface area contributed by atoms with E-state index in [4.69, 9.17) is 0 Å². The lowest BCUT2D eigenvalue weighted by atomic mass is 9.87. The van der Waals surface area contributed by atoms with Crippen LogP contribution in [-0.4, -0.2) is 5.78 Å². The molecule has 0 spiro atoms. The summed E-state index contributed by atoms with van der Waals surface area (Å²) in [5.74, 6) is -0.387. The highest BCUT2D eigenvalue weighted by Crippen LogP contribution is 2.31. The van der Waals surface area contributed by atoms with Gasteiger partial charge >= 0.3 is 0 Å². The fraction of sp³-hybridized carbons (Fsp3) is 0.429. The molecule has 1 unspecified atom stereocenters. The monoisotopic (exact) mass is 291 g/mol. The minimum atomic E-state index is -0.591. The fourth-order valence-electron chi connectivity index (χ4n) is 2.40. The topological polar surface area (TPSA) is 40.9 Å². The number of Topliss-reactive ketones (excluding diaryl/α,β-unsaturated/α-hetero) is 1. The largest absolute Gasteiger partial charge is 0.298 e. The fourth-order valence-corrected chi connectivity index (χ4v) is 2.67. The van der Waals surface area contributed by atoms with Gasteiger partial charge in [0.25, 0.3) is 0 Å². The van der Waals surface area contributed by atoms with Crippen LogP contribution in [0.15, 0.2) is 28.7 Å². The van der Waals surface area contributed by atoms with Crippen LogP contribution in [0, 0.1) is 17.2 Å². The molecule has 0 heterocycles. The van der Waals surface area contributed by atoms with Crippen molar-refractivity contribution in [2.45, 2.75) is 31.6 Å². The van der Waals surface area contributed by atoms with E-state index in [2.05, 4.69) is 22.0 Å². The van der Waals surface area contributed by atoms with Gasteiger partial charge in [-0.25, -0.2) is 0 Å². The zero-order chi connectivity index (χ0) is 12.3. The van der Waals surface area contributed by atoms with Crippen molar-refractivity contribution in [3.63, 3.8) is 0 Å². The molecular weight excluding hydrogens is 278 g/mol. The van der Waals surface area contributed by atoms with Crippen molar-refractivity contribution >= 4 is 21.7 Å². The first-order valence-electron chi connectivity index (χ1n) is 5.91. The Kier molecular flexibility index (Phi) is 3.96. The minimum absolute atomic E-state index is 0.100. The summed E-state index contributed by atoms with van der Waals surface area (Å²) in [5.41, 5.74) is 0.813. The number of carbonyl (C=O) groups excluding carboxylic acids is 1. The highest BCUT2D eigenvalue weighted by atomic mass is 79.9. The van der Waals surface area contributed by atoms with E-state index in [-0.39, 0.29) is 11.7 Å². The number of halogens is 1. The van der Waals surface area contributed by atoms with E-state index < -0.39 is 5.92 Å². The molecule has 1 aromatic rings. The van der Waals surface area contributed by atoms with Gasteiger partial charge in [-0.05, 0) is 30.5 Å². The first-order chi connectivity index (χ1) is 8.22. The molecular formula is C14H14BrNO. The molecule has 1 aromatic carbocycles. The molecule has 0 aromatic heterocycles. The van der Waals surface area contributed by atoms with Crippen molar-refractivity contribution < 1.29 is 4.79 Å². The Morgan fingerprint density at radius 2 is 1.88 bits per heavy atom. The van der Waals surface area contributed by atoms with Crippen LogP contribution < -0.4 is 0 Å². The average molecular weight is 292 g/mol. The Morgan fingerprint density at radius 1 is 1.29 bits per heavy atom. The van der Waals surface area contributed by atoms with Gasteiger partial charge in [0, 0.05) is 10.4 Å². The van der Waals surface area contributed by atoms with Gasteiger partial charge in [-0.1, -0.05) is 40.9 Å². The van der Waals surface area contributed by atoms with Crippen LogP contribution in [0.25, 0.3) is 0 Å². The molecule has 88 valence electrons. The van der Waals surface area contributed by atoms with Crippen LogP contribution in [0.2, 0.25) is 0 Å². The predicted octanol–water partition coefficient (Wildman–Crippen LogP) is 3.82. The van der Waals surface area contributed by atoms with Crippen molar-refractivity contribution in [3.05, 3.63) is 34.3 Å². The molecule has 17 heavy (non-hydrogen) atoms. The van der Waals surface area contributed by atoms with Gasteiger partial charge < -0.3 is 0 Å². The first-order valence-corrected chi connectivity index (χ1v) is 6.70. The van der Waals surface area contributed by atoms with Crippen molar-refractivity contribution in [2.75, 3.05) is 0 Å². The lowest BCUT2D eigenvalue weighted by Gasteiger charge is -2.13. The number of hydrogen-bond donors (Lipinski definition) is 0. The number of benzene rings is 1. The summed E-state index contributed by atoms with van der Waals surface area (Å²) in [5, 5.41) is 9.20. The third kappa shape index (κ3) is 2.76. The normalized spacial score (nSPS) is 17.6. The van der Waals surface area contributed by atoms with Crippen LogP contribution in [0.4, 0.5) is 0 Å². The molecule has 0 radical (unpaired) electrons. The predicted molar refractivity (Wildman–Crippen MR) is 69.5 cm³/mol. The Bertz CT molecular complexity index is 440. The van der Waals surface area contributed by atoms with Crippen LogP contribution in [0.5, 0.6) is 0 Å². The average Bonchev–Trinajstić information content (AvgIpc) is 2.86. The number of nitriles is 1. The number of rotatable bonds is 3. The standard InChI is InChI=1S/C14H14BrNO/c15-12-7-5-10(6-8-12)13(9-16)14(17)11-3-1-2-4-11/h5-8,11,13H,1-4H2. The Hall–Kier alpha value is -1.14. The highest BCUT2D eigenvalue weighted by Gasteiger charge is 2.30. The number of hydrogen-bond acceptors (Lipinski definition) is 2. The first kappa shape index (κ1) is 12.3. The third-order valence-electron chi connectivity index (χ3n) is 3.37. The van der Waals surface area contributed by atoms with E-state index in [9.17, 15) is 10.1 Å². The zero-order valence-electron chi connectivity index (χ0n) is 9.53. The summed E-state index contributed by atoms with van der Waals surface area (Å²) in [6.45, 7) is 0. The maximum atomic E-state index is 12.2. The molecule has 1 aliphatic carbocycles. The smallest absolute Gasteiger partial charge is 0.157 e. The van der Waals surface area contributed by atoms with Gasteiger partial charge in [0.15, 0.2) is 5.78 Å². The third-order valence-corrected chi connectivity index (χ3v) is 3.90. The quantitative estimate of drug-likeness (QED) is 0.849. The molecule has 0 amide bonds. The molecule has 1 aliphatic rings.